The van der Waals surface area contributed by atoms with Crippen molar-refractivity contribution in [2.45, 2.75) is 64.2 Å². The van der Waals surface area contributed by atoms with Crippen LogP contribution in [0.4, 0.5) is 13.2 Å². The van der Waals surface area contributed by atoms with Crippen molar-refractivity contribution in [1.29, 1.82) is 0 Å². The topological polar surface area (TPSA) is 9.23 Å². The summed E-state index contributed by atoms with van der Waals surface area (Å²) >= 11 is 0. The largest absolute Gasteiger partial charge is 0.493 e. The molecule has 0 spiro atoms. The van der Waals surface area contributed by atoms with Crippen LogP contribution in [0.15, 0.2) is 54.6 Å². The minimum Gasteiger partial charge on any atom is -0.493 e. The number of aryl methyl sites for hydroxylation is 1. The van der Waals surface area contributed by atoms with Crippen LogP contribution in [0.1, 0.15) is 74.0 Å². The van der Waals surface area contributed by atoms with E-state index in [9.17, 15) is 8.78 Å². The molecule has 0 bridgehead atoms. The molecule has 0 radical (unpaired) electrons. The maximum absolute atomic E-state index is 15.0. The first-order valence-corrected chi connectivity index (χ1v) is 11.9. The normalized spacial score (nSPS) is 18.3. The monoisotopic (exact) mass is 452 g/mol. The van der Waals surface area contributed by atoms with Crippen molar-refractivity contribution in [3.63, 3.8) is 0 Å². The van der Waals surface area contributed by atoms with Gasteiger partial charge >= 0.3 is 0 Å². The number of rotatable bonds is 7. The van der Waals surface area contributed by atoms with E-state index in [0.717, 1.165) is 31.2 Å². The van der Waals surface area contributed by atoms with Gasteiger partial charge in [-0.05, 0) is 73.6 Å². The maximum atomic E-state index is 15.0. The van der Waals surface area contributed by atoms with Crippen molar-refractivity contribution < 1.29 is 17.9 Å². The summed E-state index contributed by atoms with van der Waals surface area (Å²) in [5.41, 5.74) is 3.15. The van der Waals surface area contributed by atoms with Gasteiger partial charge in [0, 0.05) is 11.6 Å². The molecule has 0 unspecified atom stereocenters. The van der Waals surface area contributed by atoms with Crippen LogP contribution in [0.3, 0.4) is 0 Å². The van der Waals surface area contributed by atoms with Crippen LogP contribution in [0.5, 0.6) is 5.75 Å². The van der Waals surface area contributed by atoms with Gasteiger partial charge in [-0.25, -0.2) is 13.2 Å². The fraction of sp³-hybridized carbons (Fsp3) is 0.379. The Morgan fingerprint density at radius 1 is 0.788 bits per heavy atom. The molecule has 0 heterocycles. The van der Waals surface area contributed by atoms with Crippen molar-refractivity contribution in [3.8, 4) is 16.9 Å². The molecule has 174 valence electrons. The van der Waals surface area contributed by atoms with Crippen LogP contribution in [-0.2, 0) is 0 Å². The fourth-order valence-electron chi connectivity index (χ4n) is 4.81. The quantitative estimate of drug-likeness (QED) is 0.326. The number of hydrogen-bond donors (Lipinski definition) is 0. The Kier molecular flexibility index (Phi) is 7.42. The van der Waals surface area contributed by atoms with Gasteiger partial charge in [0.2, 0.25) is 0 Å². The summed E-state index contributed by atoms with van der Waals surface area (Å²) in [7, 11) is 0. The smallest absolute Gasteiger partial charge is 0.166 e. The molecule has 1 aliphatic carbocycles. The lowest BCUT2D eigenvalue weighted by atomic mass is 9.75. The zero-order chi connectivity index (χ0) is 23.4. The van der Waals surface area contributed by atoms with Gasteiger partial charge in [-0.2, -0.15) is 0 Å². The highest BCUT2D eigenvalue weighted by atomic mass is 19.2. The van der Waals surface area contributed by atoms with Gasteiger partial charge in [-0.1, -0.05) is 61.4 Å². The highest BCUT2D eigenvalue weighted by Crippen LogP contribution is 2.43. The average Bonchev–Trinajstić information content (AvgIpc) is 2.82. The zero-order valence-electron chi connectivity index (χ0n) is 19.3. The Morgan fingerprint density at radius 2 is 1.42 bits per heavy atom. The number of unbranched alkanes of at least 4 members (excludes halogenated alkanes) is 1. The Bertz CT molecular complexity index is 1080. The lowest BCUT2D eigenvalue weighted by Gasteiger charge is -2.30. The summed E-state index contributed by atoms with van der Waals surface area (Å²) < 4.78 is 50.3. The van der Waals surface area contributed by atoms with Gasteiger partial charge < -0.3 is 4.74 Å². The van der Waals surface area contributed by atoms with Crippen molar-refractivity contribution in [1.82, 2.24) is 0 Å². The third kappa shape index (κ3) is 5.26. The Hall–Kier alpha value is -2.75. The molecule has 0 atom stereocenters. The van der Waals surface area contributed by atoms with Gasteiger partial charge in [0.1, 0.15) is 11.6 Å². The predicted octanol–water partition coefficient (Wildman–Crippen LogP) is 8.70. The van der Waals surface area contributed by atoms with E-state index in [0.29, 0.717) is 41.9 Å². The molecule has 4 rings (SSSR count). The lowest BCUT2D eigenvalue weighted by molar-refractivity contribution is 0.307. The molecule has 1 fully saturated rings. The summed E-state index contributed by atoms with van der Waals surface area (Å²) in [5.74, 6) is -1.19. The molecule has 0 amide bonds. The first kappa shape index (κ1) is 23.4. The van der Waals surface area contributed by atoms with Crippen LogP contribution in [0.2, 0.25) is 0 Å². The average molecular weight is 453 g/mol. The molecule has 4 heteroatoms. The third-order valence-electron chi connectivity index (χ3n) is 6.82. The molecule has 0 aromatic heterocycles. The summed E-state index contributed by atoms with van der Waals surface area (Å²) in [4.78, 5) is 0. The summed E-state index contributed by atoms with van der Waals surface area (Å²) in [6.45, 7) is 4.63. The SMILES string of the molecule is CCCCOc1ccc(C2CCC(c3ccc(-c4ccc(C)cc4)c(F)c3F)CC2)c(F)c1. The van der Waals surface area contributed by atoms with E-state index < -0.39 is 11.6 Å². The van der Waals surface area contributed by atoms with E-state index in [-0.39, 0.29) is 23.2 Å². The van der Waals surface area contributed by atoms with E-state index in [2.05, 4.69) is 6.92 Å². The third-order valence-corrected chi connectivity index (χ3v) is 6.82. The van der Waals surface area contributed by atoms with Gasteiger partial charge in [0.15, 0.2) is 11.6 Å². The molecule has 3 aromatic rings. The predicted molar refractivity (Wildman–Crippen MR) is 127 cm³/mol. The van der Waals surface area contributed by atoms with Crippen LogP contribution in [0.25, 0.3) is 11.1 Å². The van der Waals surface area contributed by atoms with Crippen LogP contribution >= 0.6 is 0 Å². The van der Waals surface area contributed by atoms with E-state index in [1.165, 1.54) is 6.07 Å². The number of halogens is 3. The van der Waals surface area contributed by atoms with Crippen LogP contribution in [-0.4, -0.2) is 6.61 Å². The zero-order valence-corrected chi connectivity index (χ0v) is 19.3. The minimum absolute atomic E-state index is 0.0532. The second-order valence-corrected chi connectivity index (χ2v) is 9.13. The molecular formula is C29H31F3O. The molecule has 0 saturated heterocycles. The van der Waals surface area contributed by atoms with E-state index >= 15 is 4.39 Å². The van der Waals surface area contributed by atoms with Crippen LogP contribution in [0, 0.1) is 24.4 Å². The summed E-state index contributed by atoms with van der Waals surface area (Å²) in [6, 6.07) is 15.9. The molecule has 1 saturated carbocycles. The first-order chi connectivity index (χ1) is 16.0. The van der Waals surface area contributed by atoms with Crippen molar-refractivity contribution in [3.05, 3.63) is 88.7 Å². The van der Waals surface area contributed by atoms with Crippen molar-refractivity contribution in [2.24, 2.45) is 0 Å². The molecule has 1 nitrogen and oxygen atoms in total. The highest BCUT2D eigenvalue weighted by molar-refractivity contribution is 5.65. The number of benzene rings is 3. The minimum atomic E-state index is -0.789. The Labute approximate surface area is 194 Å². The van der Waals surface area contributed by atoms with Gasteiger partial charge in [0.25, 0.3) is 0 Å². The van der Waals surface area contributed by atoms with E-state index in [1.807, 2.05) is 43.3 Å². The Balaban J connectivity index is 1.44. The maximum Gasteiger partial charge on any atom is 0.166 e. The highest BCUT2D eigenvalue weighted by Gasteiger charge is 2.28. The molecule has 3 aromatic carbocycles. The number of hydrogen-bond acceptors (Lipinski definition) is 1. The second-order valence-electron chi connectivity index (χ2n) is 9.13. The summed E-state index contributed by atoms with van der Waals surface area (Å²) in [5, 5.41) is 0. The molecule has 1 aliphatic rings. The van der Waals surface area contributed by atoms with E-state index in [1.54, 1.807) is 12.1 Å². The summed E-state index contributed by atoms with van der Waals surface area (Å²) in [6.07, 6.45) is 4.88. The fourth-order valence-corrected chi connectivity index (χ4v) is 4.81. The van der Waals surface area contributed by atoms with E-state index in [4.69, 9.17) is 4.74 Å². The van der Waals surface area contributed by atoms with Gasteiger partial charge in [-0.15, -0.1) is 0 Å². The Morgan fingerprint density at radius 3 is 2.06 bits per heavy atom. The van der Waals surface area contributed by atoms with Crippen molar-refractivity contribution >= 4 is 0 Å². The van der Waals surface area contributed by atoms with Gasteiger partial charge in [-0.3, -0.25) is 0 Å². The molecular weight excluding hydrogens is 421 g/mol. The van der Waals surface area contributed by atoms with Gasteiger partial charge in [0.05, 0.1) is 6.61 Å². The number of ether oxygens (including phenoxy) is 1. The standard InChI is InChI=1S/C29H31F3O/c1-3-4-17-33-23-13-14-24(27(30)18-23)20-9-11-22(12-10-20)26-16-15-25(28(31)29(26)32)21-7-5-19(2)6-8-21/h5-8,13-16,18,20,22H,3-4,9-12,17H2,1-2H3. The molecule has 0 N–H and O–H groups in total. The van der Waals surface area contributed by atoms with Crippen molar-refractivity contribution in [2.75, 3.05) is 6.61 Å². The van der Waals surface area contributed by atoms with Crippen LogP contribution < -0.4 is 4.74 Å². The first-order valence-electron chi connectivity index (χ1n) is 11.9. The lowest BCUT2D eigenvalue weighted by Crippen LogP contribution is -2.15. The molecule has 0 aliphatic heterocycles. The molecule has 33 heavy (non-hydrogen) atoms. The second kappa shape index (κ2) is 10.5.